The third-order valence-electron chi connectivity index (χ3n) is 2.70. The van der Waals surface area contributed by atoms with Crippen LogP contribution in [0.5, 0.6) is 0 Å². The Morgan fingerprint density at radius 2 is 2.24 bits per heavy atom. The van der Waals surface area contributed by atoms with Gasteiger partial charge in [-0.2, -0.15) is 11.8 Å². The maximum Gasteiger partial charge on any atom is 0.0702 e. The van der Waals surface area contributed by atoms with Crippen LogP contribution in [0.2, 0.25) is 0 Å². The predicted octanol–water partition coefficient (Wildman–Crippen LogP) is 3.08. The zero-order chi connectivity index (χ0) is 11.9. The van der Waals surface area contributed by atoms with E-state index in [1.54, 1.807) is 0 Å². The Labute approximate surface area is 107 Å². The molecule has 2 nitrogen and oxygen atoms in total. The van der Waals surface area contributed by atoms with E-state index in [9.17, 15) is 0 Å². The lowest BCUT2D eigenvalue weighted by atomic mass is 10.1. The predicted molar refractivity (Wildman–Crippen MR) is 76.4 cm³/mol. The summed E-state index contributed by atoms with van der Waals surface area (Å²) in [5.41, 5.74) is 2.40. The molecule has 1 aromatic heterocycles. The van der Waals surface area contributed by atoms with E-state index in [4.69, 9.17) is 0 Å². The number of pyridine rings is 1. The Morgan fingerprint density at radius 3 is 3.12 bits per heavy atom. The highest BCUT2D eigenvalue weighted by Crippen LogP contribution is 2.13. The van der Waals surface area contributed by atoms with Gasteiger partial charge in [0.25, 0.3) is 0 Å². The van der Waals surface area contributed by atoms with Crippen molar-refractivity contribution in [2.24, 2.45) is 0 Å². The van der Waals surface area contributed by atoms with Crippen molar-refractivity contribution < 1.29 is 0 Å². The first-order valence-electron chi connectivity index (χ1n) is 5.93. The molecule has 90 valence electrons. The SMILES string of the molecule is CSCCCNCc1ccc2ncccc2c1. The van der Waals surface area contributed by atoms with Gasteiger partial charge in [0.05, 0.1) is 5.52 Å². The number of aromatic nitrogens is 1. The summed E-state index contributed by atoms with van der Waals surface area (Å²) in [6.45, 7) is 2.03. The highest BCUT2D eigenvalue weighted by atomic mass is 32.2. The summed E-state index contributed by atoms with van der Waals surface area (Å²) >= 11 is 1.90. The summed E-state index contributed by atoms with van der Waals surface area (Å²) < 4.78 is 0. The summed E-state index contributed by atoms with van der Waals surface area (Å²) in [7, 11) is 0. The molecule has 1 heterocycles. The second-order valence-electron chi connectivity index (χ2n) is 4.05. The highest BCUT2D eigenvalue weighted by Gasteiger charge is 1.96. The van der Waals surface area contributed by atoms with E-state index in [-0.39, 0.29) is 0 Å². The molecule has 1 N–H and O–H groups in total. The molecule has 2 aromatic rings. The molecule has 3 heteroatoms. The molecule has 17 heavy (non-hydrogen) atoms. The van der Waals surface area contributed by atoms with Gasteiger partial charge >= 0.3 is 0 Å². The lowest BCUT2D eigenvalue weighted by Crippen LogP contribution is -2.15. The van der Waals surface area contributed by atoms with Gasteiger partial charge in [-0.05, 0) is 48.7 Å². The van der Waals surface area contributed by atoms with Gasteiger partial charge in [-0.1, -0.05) is 12.1 Å². The maximum absolute atomic E-state index is 4.32. The van der Waals surface area contributed by atoms with Crippen LogP contribution in [-0.2, 0) is 6.54 Å². The number of thioether (sulfide) groups is 1. The van der Waals surface area contributed by atoms with Crippen LogP contribution in [0.3, 0.4) is 0 Å². The fourth-order valence-corrected chi connectivity index (χ4v) is 2.24. The Kier molecular flexibility index (Phi) is 4.83. The van der Waals surface area contributed by atoms with Crippen LogP contribution in [0.1, 0.15) is 12.0 Å². The molecular formula is C14H18N2S. The van der Waals surface area contributed by atoms with Crippen LogP contribution < -0.4 is 5.32 Å². The van der Waals surface area contributed by atoms with Crippen molar-refractivity contribution in [3.63, 3.8) is 0 Å². The fourth-order valence-electron chi connectivity index (χ4n) is 1.81. The molecule has 0 atom stereocenters. The molecule has 0 fully saturated rings. The summed E-state index contributed by atoms with van der Waals surface area (Å²) in [6, 6.07) is 10.5. The average Bonchev–Trinajstić information content (AvgIpc) is 2.38. The topological polar surface area (TPSA) is 24.9 Å². The Hall–Kier alpha value is -1.06. The molecular weight excluding hydrogens is 228 g/mol. The standard InChI is InChI=1S/C14H18N2S/c1-17-9-3-7-15-11-12-5-6-14-13(10-12)4-2-8-16-14/h2,4-6,8,10,15H,3,7,9,11H2,1H3. The van der Waals surface area contributed by atoms with E-state index in [0.717, 1.165) is 18.6 Å². The van der Waals surface area contributed by atoms with Crippen molar-refractivity contribution in [1.29, 1.82) is 0 Å². The largest absolute Gasteiger partial charge is 0.313 e. The fraction of sp³-hybridized carbons (Fsp3) is 0.357. The van der Waals surface area contributed by atoms with E-state index in [0.29, 0.717) is 0 Å². The zero-order valence-corrected chi connectivity index (χ0v) is 11.0. The smallest absolute Gasteiger partial charge is 0.0702 e. The number of hydrogen-bond donors (Lipinski definition) is 1. The van der Waals surface area contributed by atoms with E-state index in [2.05, 4.69) is 40.8 Å². The van der Waals surface area contributed by atoms with Crippen molar-refractivity contribution in [3.05, 3.63) is 42.1 Å². The molecule has 0 saturated heterocycles. The van der Waals surface area contributed by atoms with Gasteiger partial charge in [0, 0.05) is 18.1 Å². The molecule has 0 amide bonds. The maximum atomic E-state index is 4.32. The molecule has 0 aliphatic carbocycles. The quantitative estimate of drug-likeness (QED) is 0.793. The second kappa shape index (κ2) is 6.62. The third kappa shape index (κ3) is 3.72. The van der Waals surface area contributed by atoms with Crippen molar-refractivity contribution in [1.82, 2.24) is 10.3 Å². The monoisotopic (exact) mass is 246 g/mol. The summed E-state index contributed by atoms with van der Waals surface area (Å²) in [6.07, 6.45) is 5.22. The number of hydrogen-bond acceptors (Lipinski definition) is 3. The summed E-state index contributed by atoms with van der Waals surface area (Å²) in [4.78, 5) is 4.32. The van der Waals surface area contributed by atoms with Gasteiger partial charge in [-0.25, -0.2) is 0 Å². The zero-order valence-electron chi connectivity index (χ0n) is 10.1. The second-order valence-corrected chi connectivity index (χ2v) is 5.04. The number of rotatable bonds is 6. The number of nitrogens with one attached hydrogen (secondary N) is 1. The minimum absolute atomic E-state index is 0.944. The Morgan fingerprint density at radius 1 is 1.29 bits per heavy atom. The van der Waals surface area contributed by atoms with Gasteiger partial charge in [0.1, 0.15) is 0 Å². The van der Waals surface area contributed by atoms with Crippen molar-refractivity contribution >= 4 is 22.7 Å². The van der Waals surface area contributed by atoms with Crippen LogP contribution >= 0.6 is 11.8 Å². The lowest BCUT2D eigenvalue weighted by Gasteiger charge is -2.05. The summed E-state index contributed by atoms with van der Waals surface area (Å²) in [5, 5.41) is 4.69. The van der Waals surface area contributed by atoms with E-state index >= 15 is 0 Å². The number of nitrogens with zero attached hydrogens (tertiary/aromatic N) is 1. The van der Waals surface area contributed by atoms with Gasteiger partial charge in [-0.15, -0.1) is 0 Å². The van der Waals surface area contributed by atoms with E-state index < -0.39 is 0 Å². The molecule has 0 saturated carbocycles. The Bertz CT molecular complexity index is 470. The van der Waals surface area contributed by atoms with Gasteiger partial charge in [0.2, 0.25) is 0 Å². The molecule has 0 bridgehead atoms. The minimum atomic E-state index is 0.944. The normalized spacial score (nSPS) is 10.9. The van der Waals surface area contributed by atoms with Crippen LogP contribution in [-0.4, -0.2) is 23.5 Å². The van der Waals surface area contributed by atoms with E-state index in [1.165, 1.54) is 23.1 Å². The molecule has 0 unspecified atom stereocenters. The van der Waals surface area contributed by atoms with Gasteiger partial charge < -0.3 is 5.32 Å². The third-order valence-corrected chi connectivity index (χ3v) is 3.40. The molecule has 0 aliphatic heterocycles. The van der Waals surface area contributed by atoms with Crippen LogP contribution in [0.15, 0.2) is 36.5 Å². The minimum Gasteiger partial charge on any atom is -0.313 e. The molecule has 2 rings (SSSR count). The molecule has 0 radical (unpaired) electrons. The first kappa shape index (κ1) is 12.4. The first-order valence-corrected chi connectivity index (χ1v) is 7.33. The summed E-state index contributed by atoms with van der Waals surface area (Å²) in [5.74, 6) is 1.23. The molecule has 1 aromatic carbocycles. The van der Waals surface area contributed by atoms with Crippen molar-refractivity contribution in [2.45, 2.75) is 13.0 Å². The first-order chi connectivity index (χ1) is 8.40. The van der Waals surface area contributed by atoms with E-state index in [1.807, 2.05) is 24.0 Å². The van der Waals surface area contributed by atoms with Crippen LogP contribution in [0.4, 0.5) is 0 Å². The molecule has 0 aliphatic rings. The lowest BCUT2D eigenvalue weighted by molar-refractivity contribution is 0.679. The number of fused-ring (bicyclic) bond motifs is 1. The van der Waals surface area contributed by atoms with Crippen LogP contribution in [0, 0.1) is 0 Å². The van der Waals surface area contributed by atoms with Crippen LogP contribution in [0.25, 0.3) is 10.9 Å². The van der Waals surface area contributed by atoms with Gasteiger partial charge in [0.15, 0.2) is 0 Å². The van der Waals surface area contributed by atoms with Crippen molar-refractivity contribution in [3.8, 4) is 0 Å². The number of benzene rings is 1. The van der Waals surface area contributed by atoms with Crippen molar-refractivity contribution in [2.75, 3.05) is 18.6 Å². The van der Waals surface area contributed by atoms with Gasteiger partial charge in [-0.3, -0.25) is 4.98 Å². The molecule has 0 spiro atoms. The highest BCUT2D eigenvalue weighted by molar-refractivity contribution is 7.98. The Balaban J connectivity index is 1.90. The average molecular weight is 246 g/mol.